The third-order valence-electron chi connectivity index (χ3n) is 5.95. The molecule has 2 heterocycles. The van der Waals surface area contributed by atoms with Gasteiger partial charge in [0.1, 0.15) is 15.8 Å². The highest BCUT2D eigenvalue weighted by Gasteiger charge is 2.33. The number of benzene rings is 2. The summed E-state index contributed by atoms with van der Waals surface area (Å²) in [5, 5.41) is 10.9. The first kappa shape index (κ1) is 23.4. The number of nitrogens with zero attached hydrogens (tertiary/aromatic N) is 3. The monoisotopic (exact) mass is 465 g/mol. The summed E-state index contributed by atoms with van der Waals surface area (Å²) >= 11 is 1.61. The molecule has 33 heavy (non-hydrogen) atoms. The number of likely N-dealkylation sites (tertiary alicyclic amines) is 1. The first-order valence-electron chi connectivity index (χ1n) is 11.4. The smallest absolute Gasteiger partial charge is 0.311 e. The molecule has 0 bridgehead atoms. The second kappa shape index (κ2) is 10.0. The summed E-state index contributed by atoms with van der Waals surface area (Å²) < 4.78 is 10.7. The molecule has 0 saturated carbocycles. The van der Waals surface area contributed by atoms with Crippen molar-refractivity contribution in [3.8, 4) is 26.9 Å². The van der Waals surface area contributed by atoms with E-state index in [4.69, 9.17) is 9.47 Å². The van der Waals surface area contributed by atoms with Crippen LogP contribution in [-0.2, 0) is 22.5 Å². The number of methoxy groups -OCH3 is 1. The normalized spacial score (nSPS) is 14.4. The summed E-state index contributed by atoms with van der Waals surface area (Å²) in [7, 11) is 1.45. The Bertz CT molecular complexity index is 1140. The molecule has 1 aromatic heterocycles. The highest BCUT2D eigenvalue weighted by Crippen LogP contribution is 2.35. The molecule has 3 aromatic rings. The molecule has 1 saturated heterocycles. The molecule has 7 heteroatoms. The van der Waals surface area contributed by atoms with Gasteiger partial charge in [-0.3, -0.25) is 9.69 Å². The molecule has 1 aliphatic rings. The van der Waals surface area contributed by atoms with E-state index in [0.29, 0.717) is 0 Å². The number of carbonyl (C=O) groups excluding carboxylic acids is 1. The molecule has 0 amide bonds. The zero-order valence-corrected chi connectivity index (χ0v) is 20.7. The topological polar surface area (TPSA) is 64.6 Å². The molecule has 0 atom stereocenters. The van der Waals surface area contributed by atoms with Gasteiger partial charge < -0.3 is 9.47 Å². The first-order valence-corrected chi connectivity index (χ1v) is 12.2. The lowest BCUT2D eigenvalue weighted by atomic mass is 9.95. The van der Waals surface area contributed by atoms with E-state index in [2.05, 4.69) is 53.2 Å². The molecule has 2 aromatic carbocycles. The van der Waals surface area contributed by atoms with E-state index in [1.54, 1.807) is 11.3 Å². The van der Waals surface area contributed by atoms with Gasteiger partial charge in [-0.1, -0.05) is 36.5 Å². The van der Waals surface area contributed by atoms with Crippen molar-refractivity contribution in [3.63, 3.8) is 0 Å². The standard InChI is InChI=1S/C26H31N3O3S/c1-6-21-19(13-29-14-20(15-29)26(30)31-5)8-7-9-22(21)25-28-27-24(33-25)18-10-11-23(17(4)12-18)32-16(2)3/h7-12,16,20H,6,13-15H2,1-5H3. The minimum absolute atomic E-state index is 0.00485. The van der Waals surface area contributed by atoms with Gasteiger partial charge in [0.25, 0.3) is 0 Å². The summed E-state index contributed by atoms with van der Waals surface area (Å²) in [4.78, 5) is 14.0. The fraction of sp³-hybridized carbons (Fsp3) is 0.423. The number of ether oxygens (including phenoxy) is 2. The van der Waals surface area contributed by atoms with Gasteiger partial charge in [-0.25, -0.2) is 0 Å². The van der Waals surface area contributed by atoms with Crippen molar-refractivity contribution in [2.75, 3.05) is 20.2 Å². The Kier molecular flexibility index (Phi) is 7.10. The average molecular weight is 466 g/mol. The van der Waals surface area contributed by atoms with Crippen molar-refractivity contribution < 1.29 is 14.3 Å². The maximum Gasteiger partial charge on any atom is 0.311 e. The van der Waals surface area contributed by atoms with E-state index in [9.17, 15) is 4.79 Å². The molecule has 174 valence electrons. The molecule has 4 rings (SSSR count). The van der Waals surface area contributed by atoms with Gasteiger partial charge in [-0.05, 0) is 62.1 Å². The van der Waals surface area contributed by atoms with Gasteiger partial charge >= 0.3 is 5.97 Å². The Morgan fingerprint density at radius 2 is 1.94 bits per heavy atom. The number of rotatable bonds is 8. The van der Waals surface area contributed by atoms with E-state index < -0.39 is 0 Å². The van der Waals surface area contributed by atoms with Crippen molar-refractivity contribution in [3.05, 3.63) is 53.1 Å². The van der Waals surface area contributed by atoms with Crippen LogP contribution in [0.25, 0.3) is 21.1 Å². The SMILES string of the molecule is CCc1c(CN2CC(C(=O)OC)C2)cccc1-c1nnc(-c2ccc(OC(C)C)c(C)c2)s1. The number of hydrogen-bond acceptors (Lipinski definition) is 7. The fourth-order valence-electron chi connectivity index (χ4n) is 4.27. The zero-order valence-electron chi connectivity index (χ0n) is 19.9. The van der Waals surface area contributed by atoms with Gasteiger partial charge in [-0.15, -0.1) is 10.2 Å². The van der Waals surface area contributed by atoms with Gasteiger partial charge in [0.05, 0.1) is 19.1 Å². The molecular weight excluding hydrogens is 434 g/mol. The van der Waals surface area contributed by atoms with Crippen molar-refractivity contribution in [2.45, 2.75) is 46.8 Å². The van der Waals surface area contributed by atoms with Crippen LogP contribution in [-0.4, -0.2) is 47.4 Å². The quantitative estimate of drug-likeness (QED) is 0.430. The summed E-state index contributed by atoms with van der Waals surface area (Å²) in [6, 6.07) is 12.6. The Hall–Kier alpha value is -2.77. The summed E-state index contributed by atoms with van der Waals surface area (Å²) in [6.45, 7) is 10.6. The van der Waals surface area contributed by atoms with Crippen LogP contribution in [0.1, 0.15) is 37.5 Å². The minimum Gasteiger partial charge on any atom is -0.491 e. The van der Waals surface area contributed by atoms with Gasteiger partial charge in [-0.2, -0.15) is 0 Å². The fourth-order valence-corrected chi connectivity index (χ4v) is 5.17. The van der Waals surface area contributed by atoms with Gasteiger partial charge in [0.2, 0.25) is 0 Å². The summed E-state index contributed by atoms with van der Waals surface area (Å²) in [5.74, 6) is 0.783. The molecule has 0 spiro atoms. The molecule has 6 nitrogen and oxygen atoms in total. The highest BCUT2D eigenvalue weighted by molar-refractivity contribution is 7.17. The molecule has 1 fully saturated rings. The predicted octanol–water partition coefficient (Wildman–Crippen LogP) is 5.13. The lowest BCUT2D eigenvalue weighted by molar-refractivity contribution is -0.151. The highest BCUT2D eigenvalue weighted by atomic mass is 32.1. The van der Waals surface area contributed by atoms with E-state index >= 15 is 0 Å². The Labute approximate surface area is 199 Å². The third kappa shape index (κ3) is 5.09. The number of aryl methyl sites for hydroxylation is 1. The zero-order chi connectivity index (χ0) is 23.5. The molecule has 0 unspecified atom stereocenters. The maximum atomic E-state index is 11.7. The average Bonchev–Trinajstić information content (AvgIpc) is 3.26. The first-order chi connectivity index (χ1) is 15.9. The summed E-state index contributed by atoms with van der Waals surface area (Å²) in [6.07, 6.45) is 1.06. The van der Waals surface area contributed by atoms with E-state index in [0.717, 1.165) is 58.5 Å². The van der Waals surface area contributed by atoms with Crippen LogP contribution in [0.2, 0.25) is 0 Å². The van der Waals surface area contributed by atoms with Crippen molar-refractivity contribution >= 4 is 17.3 Å². The number of hydrogen-bond donors (Lipinski definition) is 0. The van der Waals surface area contributed by atoms with E-state index in [1.807, 2.05) is 26.0 Å². The second-order valence-corrected chi connectivity index (χ2v) is 9.75. The predicted molar refractivity (Wildman–Crippen MR) is 131 cm³/mol. The molecule has 0 N–H and O–H groups in total. The lowest BCUT2D eigenvalue weighted by Crippen LogP contribution is -2.50. The van der Waals surface area contributed by atoms with E-state index in [-0.39, 0.29) is 18.0 Å². The van der Waals surface area contributed by atoms with Crippen LogP contribution in [0.15, 0.2) is 36.4 Å². The summed E-state index contributed by atoms with van der Waals surface area (Å²) in [5.41, 5.74) is 5.85. The van der Waals surface area contributed by atoms with Crippen LogP contribution in [0.3, 0.4) is 0 Å². The van der Waals surface area contributed by atoms with Crippen molar-refractivity contribution in [2.24, 2.45) is 5.92 Å². The number of carbonyl (C=O) groups is 1. The Morgan fingerprint density at radius 3 is 2.61 bits per heavy atom. The molecule has 0 aliphatic carbocycles. The van der Waals surface area contributed by atoms with Crippen LogP contribution in [0.5, 0.6) is 5.75 Å². The Morgan fingerprint density at radius 1 is 1.18 bits per heavy atom. The van der Waals surface area contributed by atoms with Crippen LogP contribution >= 0.6 is 11.3 Å². The lowest BCUT2D eigenvalue weighted by Gasteiger charge is -2.37. The van der Waals surface area contributed by atoms with Crippen LogP contribution < -0.4 is 4.74 Å². The van der Waals surface area contributed by atoms with Crippen molar-refractivity contribution in [1.82, 2.24) is 15.1 Å². The van der Waals surface area contributed by atoms with Crippen molar-refractivity contribution in [1.29, 1.82) is 0 Å². The third-order valence-corrected chi connectivity index (χ3v) is 6.96. The maximum absolute atomic E-state index is 11.7. The molecule has 0 radical (unpaired) electrons. The van der Waals surface area contributed by atoms with Gasteiger partial charge in [0, 0.05) is 30.8 Å². The molecule has 1 aliphatic heterocycles. The largest absolute Gasteiger partial charge is 0.491 e. The van der Waals surface area contributed by atoms with Crippen LogP contribution in [0, 0.1) is 12.8 Å². The van der Waals surface area contributed by atoms with Crippen LogP contribution in [0.4, 0.5) is 0 Å². The Balaban J connectivity index is 1.54. The number of aromatic nitrogens is 2. The molecular formula is C26H31N3O3S. The van der Waals surface area contributed by atoms with E-state index in [1.165, 1.54) is 18.2 Å². The number of esters is 1. The second-order valence-electron chi connectivity index (χ2n) is 8.77. The minimum atomic E-state index is -0.115. The van der Waals surface area contributed by atoms with Gasteiger partial charge in [0.15, 0.2) is 0 Å².